The standard InChI is InChI=1S/C13H12F3N3O/c1-8(19-12(20)10-6-17-18-7-10)9-2-4-11(5-3-9)13(14,15)16/h2-8H,1H3,(H,17,18)(H,19,20). The highest BCUT2D eigenvalue weighted by atomic mass is 19.4. The summed E-state index contributed by atoms with van der Waals surface area (Å²) in [4.78, 5) is 11.8. The van der Waals surface area contributed by atoms with Gasteiger partial charge in [0, 0.05) is 6.20 Å². The summed E-state index contributed by atoms with van der Waals surface area (Å²) < 4.78 is 37.3. The van der Waals surface area contributed by atoms with Crippen molar-refractivity contribution >= 4 is 5.91 Å². The van der Waals surface area contributed by atoms with E-state index in [0.717, 1.165) is 12.1 Å². The number of halogens is 3. The molecule has 1 amide bonds. The third-order valence-corrected chi connectivity index (χ3v) is 2.85. The summed E-state index contributed by atoms with van der Waals surface area (Å²) in [6.45, 7) is 1.70. The van der Waals surface area contributed by atoms with Gasteiger partial charge in [-0.15, -0.1) is 0 Å². The highest BCUT2D eigenvalue weighted by Gasteiger charge is 2.30. The molecule has 0 spiro atoms. The minimum absolute atomic E-state index is 0.342. The number of H-pyrrole nitrogens is 1. The summed E-state index contributed by atoms with van der Waals surface area (Å²) in [5.74, 6) is -0.342. The van der Waals surface area contributed by atoms with Gasteiger partial charge in [0.1, 0.15) is 0 Å². The van der Waals surface area contributed by atoms with Crippen LogP contribution in [0.4, 0.5) is 13.2 Å². The van der Waals surface area contributed by atoms with Crippen LogP contribution in [0.1, 0.15) is 34.5 Å². The van der Waals surface area contributed by atoms with E-state index in [9.17, 15) is 18.0 Å². The van der Waals surface area contributed by atoms with Crippen LogP contribution in [0.25, 0.3) is 0 Å². The van der Waals surface area contributed by atoms with Crippen LogP contribution in [-0.4, -0.2) is 16.1 Å². The molecule has 0 saturated heterocycles. The Bertz CT molecular complexity index is 576. The van der Waals surface area contributed by atoms with E-state index in [1.54, 1.807) is 6.92 Å². The van der Waals surface area contributed by atoms with Crippen molar-refractivity contribution in [2.75, 3.05) is 0 Å². The molecule has 0 fully saturated rings. The molecule has 1 heterocycles. The number of nitrogens with one attached hydrogen (secondary N) is 2. The van der Waals surface area contributed by atoms with Crippen LogP contribution < -0.4 is 5.32 Å². The van der Waals surface area contributed by atoms with Crippen LogP contribution in [0.2, 0.25) is 0 Å². The van der Waals surface area contributed by atoms with Gasteiger partial charge in [0.2, 0.25) is 0 Å². The Balaban J connectivity index is 2.06. The van der Waals surface area contributed by atoms with Crippen molar-refractivity contribution in [1.29, 1.82) is 0 Å². The average Bonchev–Trinajstić information content (AvgIpc) is 2.91. The predicted octanol–water partition coefficient (Wildman–Crippen LogP) is 2.92. The zero-order chi connectivity index (χ0) is 14.8. The van der Waals surface area contributed by atoms with Gasteiger partial charge in [-0.3, -0.25) is 9.89 Å². The molecule has 0 aliphatic rings. The van der Waals surface area contributed by atoms with E-state index in [1.165, 1.54) is 24.5 Å². The first kappa shape index (κ1) is 14.1. The van der Waals surface area contributed by atoms with Gasteiger partial charge in [-0.1, -0.05) is 12.1 Å². The Labute approximate surface area is 113 Å². The summed E-state index contributed by atoms with van der Waals surface area (Å²) in [7, 11) is 0. The van der Waals surface area contributed by atoms with Gasteiger partial charge in [-0.25, -0.2) is 0 Å². The van der Waals surface area contributed by atoms with E-state index in [2.05, 4.69) is 15.5 Å². The van der Waals surface area contributed by atoms with Crippen molar-refractivity contribution < 1.29 is 18.0 Å². The number of rotatable bonds is 3. The van der Waals surface area contributed by atoms with Crippen LogP contribution in [0.3, 0.4) is 0 Å². The molecule has 1 aromatic carbocycles. The molecule has 0 radical (unpaired) electrons. The molecule has 2 N–H and O–H groups in total. The summed E-state index contributed by atoms with van der Waals surface area (Å²) >= 11 is 0. The average molecular weight is 283 g/mol. The summed E-state index contributed by atoms with van der Waals surface area (Å²) in [6.07, 6.45) is -1.55. The molecule has 0 saturated carbocycles. The molecule has 106 valence electrons. The van der Waals surface area contributed by atoms with Gasteiger partial charge < -0.3 is 5.32 Å². The lowest BCUT2D eigenvalue weighted by atomic mass is 10.1. The number of nitrogens with zero attached hydrogens (tertiary/aromatic N) is 1. The largest absolute Gasteiger partial charge is 0.416 e. The zero-order valence-electron chi connectivity index (χ0n) is 10.5. The number of amides is 1. The van der Waals surface area contributed by atoms with E-state index in [-0.39, 0.29) is 5.91 Å². The fourth-order valence-electron chi connectivity index (χ4n) is 1.70. The van der Waals surface area contributed by atoms with E-state index < -0.39 is 17.8 Å². The van der Waals surface area contributed by atoms with Crippen LogP contribution >= 0.6 is 0 Å². The summed E-state index contributed by atoms with van der Waals surface area (Å²) in [6, 6.07) is 4.29. The fraction of sp³-hybridized carbons (Fsp3) is 0.231. The number of hydrogen-bond acceptors (Lipinski definition) is 2. The van der Waals surface area contributed by atoms with E-state index in [0.29, 0.717) is 11.1 Å². The Morgan fingerprint density at radius 3 is 2.45 bits per heavy atom. The first-order chi connectivity index (χ1) is 9.38. The fourth-order valence-corrected chi connectivity index (χ4v) is 1.70. The van der Waals surface area contributed by atoms with Crippen molar-refractivity contribution in [3.8, 4) is 0 Å². The number of carbonyl (C=O) groups excluding carboxylic acids is 1. The van der Waals surface area contributed by atoms with Crippen molar-refractivity contribution in [3.05, 3.63) is 53.3 Å². The van der Waals surface area contributed by atoms with Gasteiger partial charge in [-0.2, -0.15) is 18.3 Å². The summed E-state index contributed by atoms with van der Waals surface area (Å²) in [5, 5.41) is 8.84. The number of hydrogen-bond donors (Lipinski definition) is 2. The molecule has 1 unspecified atom stereocenters. The highest BCUT2D eigenvalue weighted by molar-refractivity contribution is 5.93. The SMILES string of the molecule is CC(NC(=O)c1cn[nH]c1)c1ccc(C(F)(F)F)cc1. The van der Waals surface area contributed by atoms with E-state index >= 15 is 0 Å². The Morgan fingerprint density at radius 1 is 1.30 bits per heavy atom. The van der Waals surface area contributed by atoms with E-state index in [4.69, 9.17) is 0 Å². The molecule has 4 nitrogen and oxygen atoms in total. The Hall–Kier alpha value is -2.31. The van der Waals surface area contributed by atoms with Gasteiger partial charge in [-0.05, 0) is 24.6 Å². The van der Waals surface area contributed by atoms with Crippen molar-refractivity contribution in [3.63, 3.8) is 0 Å². The minimum atomic E-state index is -4.36. The van der Waals surface area contributed by atoms with Crippen LogP contribution in [0.15, 0.2) is 36.7 Å². The molecular weight excluding hydrogens is 271 g/mol. The van der Waals surface area contributed by atoms with Crippen LogP contribution in [0.5, 0.6) is 0 Å². The molecule has 1 atom stereocenters. The normalized spacial score (nSPS) is 13.0. The smallest absolute Gasteiger partial charge is 0.345 e. The number of carbonyl (C=O) groups is 1. The second-order valence-corrected chi connectivity index (χ2v) is 4.30. The monoisotopic (exact) mass is 283 g/mol. The molecule has 7 heteroatoms. The second kappa shape index (κ2) is 5.36. The van der Waals surface area contributed by atoms with Crippen molar-refractivity contribution in [2.45, 2.75) is 19.1 Å². The first-order valence-electron chi connectivity index (χ1n) is 5.84. The van der Waals surface area contributed by atoms with Gasteiger partial charge in [0.25, 0.3) is 5.91 Å². The maximum absolute atomic E-state index is 12.4. The molecular formula is C13H12F3N3O. The molecule has 1 aromatic heterocycles. The zero-order valence-corrected chi connectivity index (χ0v) is 10.5. The molecule has 2 aromatic rings. The topological polar surface area (TPSA) is 57.8 Å². The van der Waals surface area contributed by atoms with Gasteiger partial charge >= 0.3 is 6.18 Å². The van der Waals surface area contributed by atoms with Crippen molar-refractivity contribution in [1.82, 2.24) is 15.5 Å². The highest BCUT2D eigenvalue weighted by Crippen LogP contribution is 2.29. The third-order valence-electron chi connectivity index (χ3n) is 2.85. The molecule has 20 heavy (non-hydrogen) atoms. The number of aromatic amines is 1. The molecule has 2 rings (SSSR count). The predicted molar refractivity (Wildman–Crippen MR) is 65.9 cm³/mol. The lowest BCUT2D eigenvalue weighted by molar-refractivity contribution is -0.137. The van der Waals surface area contributed by atoms with Crippen LogP contribution in [0, 0.1) is 0 Å². The van der Waals surface area contributed by atoms with Gasteiger partial charge in [0.05, 0.1) is 23.4 Å². The maximum Gasteiger partial charge on any atom is 0.416 e. The lowest BCUT2D eigenvalue weighted by Gasteiger charge is -2.15. The number of alkyl halides is 3. The summed E-state index contributed by atoms with van der Waals surface area (Å²) in [5.41, 5.74) is 0.244. The quantitative estimate of drug-likeness (QED) is 0.910. The Kier molecular flexibility index (Phi) is 3.78. The van der Waals surface area contributed by atoms with Crippen LogP contribution in [-0.2, 0) is 6.18 Å². The molecule has 0 bridgehead atoms. The maximum atomic E-state index is 12.4. The minimum Gasteiger partial charge on any atom is -0.345 e. The molecule has 0 aliphatic carbocycles. The third kappa shape index (κ3) is 3.17. The molecule has 0 aliphatic heterocycles. The lowest BCUT2D eigenvalue weighted by Crippen LogP contribution is -2.26. The van der Waals surface area contributed by atoms with Gasteiger partial charge in [0.15, 0.2) is 0 Å². The first-order valence-corrected chi connectivity index (χ1v) is 5.84. The second-order valence-electron chi connectivity index (χ2n) is 4.30. The van der Waals surface area contributed by atoms with Crippen molar-refractivity contribution in [2.24, 2.45) is 0 Å². The Morgan fingerprint density at radius 2 is 1.95 bits per heavy atom. The number of aromatic nitrogens is 2. The van der Waals surface area contributed by atoms with E-state index in [1.807, 2.05) is 0 Å². The number of benzene rings is 1.